The predicted octanol–water partition coefficient (Wildman–Crippen LogP) is 0.0387. The standard InChI is InChI=1S/C17H27N3O5S/c1-13-10-15(24-3)16(11-14(13)2)26(22,23)19-12-17(21)18-4-5-20-6-8-25-9-7-20/h10-11,19H,4-9,12H2,1-3H3,(H,18,21). The topological polar surface area (TPSA) is 97.0 Å². The number of nitrogens with zero attached hydrogens (tertiary/aromatic N) is 1. The molecule has 0 spiro atoms. The van der Waals surface area contributed by atoms with Crippen LogP contribution in [-0.4, -0.2) is 72.3 Å². The Morgan fingerprint density at radius 2 is 1.88 bits per heavy atom. The number of amides is 1. The molecule has 0 aliphatic carbocycles. The Bertz CT molecular complexity index is 730. The molecule has 1 heterocycles. The molecule has 0 atom stereocenters. The number of rotatable bonds is 8. The van der Waals surface area contributed by atoms with Crippen molar-refractivity contribution in [3.8, 4) is 5.75 Å². The molecular formula is C17H27N3O5S. The molecule has 8 nitrogen and oxygen atoms in total. The molecule has 2 N–H and O–H groups in total. The Balaban J connectivity index is 1.87. The molecule has 2 rings (SSSR count). The van der Waals surface area contributed by atoms with Crippen LogP contribution >= 0.6 is 0 Å². The van der Waals surface area contributed by atoms with Crippen LogP contribution in [0, 0.1) is 13.8 Å². The van der Waals surface area contributed by atoms with E-state index in [0.717, 1.165) is 24.2 Å². The maximum atomic E-state index is 12.5. The molecule has 1 amide bonds. The van der Waals surface area contributed by atoms with Crippen molar-refractivity contribution in [2.24, 2.45) is 0 Å². The van der Waals surface area contributed by atoms with Crippen LogP contribution in [0.3, 0.4) is 0 Å². The first-order valence-electron chi connectivity index (χ1n) is 8.55. The van der Waals surface area contributed by atoms with E-state index in [0.29, 0.717) is 26.3 Å². The summed E-state index contributed by atoms with van der Waals surface area (Å²) in [5.41, 5.74) is 1.77. The van der Waals surface area contributed by atoms with Crippen molar-refractivity contribution >= 4 is 15.9 Å². The summed E-state index contributed by atoms with van der Waals surface area (Å²) in [5.74, 6) is -0.113. The fourth-order valence-corrected chi connectivity index (χ4v) is 3.83. The summed E-state index contributed by atoms with van der Waals surface area (Å²) in [6.45, 7) is 7.65. The zero-order valence-electron chi connectivity index (χ0n) is 15.5. The minimum Gasteiger partial charge on any atom is -0.495 e. The molecule has 9 heteroatoms. The molecule has 0 bridgehead atoms. The fourth-order valence-electron chi connectivity index (χ4n) is 2.61. The first-order chi connectivity index (χ1) is 12.3. The van der Waals surface area contributed by atoms with Gasteiger partial charge in [0.1, 0.15) is 10.6 Å². The average molecular weight is 385 g/mol. The SMILES string of the molecule is COc1cc(C)c(C)cc1S(=O)(=O)NCC(=O)NCCN1CCOCC1. The summed E-state index contributed by atoms with van der Waals surface area (Å²) in [6.07, 6.45) is 0. The molecule has 1 aliphatic rings. The van der Waals surface area contributed by atoms with Crippen LogP contribution in [0.15, 0.2) is 17.0 Å². The van der Waals surface area contributed by atoms with Crippen LogP contribution in [0.2, 0.25) is 0 Å². The van der Waals surface area contributed by atoms with Gasteiger partial charge in [-0.25, -0.2) is 13.1 Å². The average Bonchev–Trinajstić information content (AvgIpc) is 2.63. The monoisotopic (exact) mass is 385 g/mol. The molecule has 0 saturated carbocycles. The lowest BCUT2D eigenvalue weighted by Crippen LogP contribution is -2.43. The Hall–Kier alpha value is -1.68. The number of carbonyl (C=O) groups is 1. The van der Waals surface area contributed by atoms with Crippen molar-refractivity contribution in [2.45, 2.75) is 18.7 Å². The zero-order chi connectivity index (χ0) is 19.2. The van der Waals surface area contributed by atoms with E-state index in [2.05, 4.69) is 14.9 Å². The number of carbonyl (C=O) groups excluding carboxylic acids is 1. The Morgan fingerprint density at radius 3 is 2.54 bits per heavy atom. The van der Waals surface area contributed by atoms with Gasteiger partial charge in [-0.2, -0.15) is 0 Å². The molecule has 146 valence electrons. The highest BCUT2D eigenvalue weighted by Gasteiger charge is 2.21. The van der Waals surface area contributed by atoms with Crippen LogP contribution in [0.5, 0.6) is 5.75 Å². The summed E-state index contributed by atoms with van der Waals surface area (Å²) >= 11 is 0. The van der Waals surface area contributed by atoms with E-state index in [1.807, 2.05) is 13.8 Å². The van der Waals surface area contributed by atoms with Crippen molar-refractivity contribution in [3.05, 3.63) is 23.3 Å². The first kappa shape index (κ1) is 20.6. The van der Waals surface area contributed by atoms with Crippen LogP contribution in [0.1, 0.15) is 11.1 Å². The summed E-state index contributed by atoms with van der Waals surface area (Å²) in [7, 11) is -2.43. The van der Waals surface area contributed by atoms with Crippen LogP contribution < -0.4 is 14.8 Å². The van der Waals surface area contributed by atoms with E-state index in [4.69, 9.17) is 9.47 Å². The third-order valence-corrected chi connectivity index (χ3v) is 5.77. The highest BCUT2D eigenvalue weighted by molar-refractivity contribution is 7.89. The molecule has 1 saturated heterocycles. The summed E-state index contributed by atoms with van der Waals surface area (Å²) in [6, 6.07) is 3.22. The smallest absolute Gasteiger partial charge is 0.244 e. The van der Waals surface area contributed by atoms with Gasteiger partial charge < -0.3 is 14.8 Å². The van der Waals surface area contributed by atoms with Gasteiger partial charge in [0, 0.05) is 26.2 Å². The van der Waals surface area contributed by atoms with Gasteiger partial charge >= 0.3 is 0 Å². The highest BCUT2D eigenvalue weighted by Crippen LogP contribution is 2.26. The lowest BCUT2D eigenvalue weighted by atomic mass is 10.1. The summed E-state index contributed by atoms with van der Waals surface area (Å²) in [5, 5.41) is 2.72. The van der Waals surface area contributed by atoms with Gasteiger partial charge in [0.25, 0.3) is 0 Å². The van der Waals surface area contributed by atoms with Crippen LogP contribution in [-0.2, 0) is 19.6 Å². The third-order valence-electron chi connectivity index (χ3n) is 4.35. The van der Waals surface area contributed by atoms with Crippen molar-refractivity contribution in [1.82, 2.24) is 14.9 Å². The van der Waals surface area contributed by atoms with Gasteiger partial charge in [-0.1, -0.05) is 0 Å². The predicted molar refractivity (Wildman–Crippen MR) is 97.9 cm³/mol. The Labute approximate surface area is 154 Å². The molecule has 0 radical (unpaired) electrons. The van der Waals surface area contributed by atoms with Crippen LogP contribution in [0.4, 0.5) is 0 Å². The lowest BCUT2D eigenvalue weighted by Gasteiger charge is -2.26. The van der Waals surface area contributed by atoms with E-state index in [1.54, 1.807) is 12.1 Å². The van der Waals surface area contributed by atoms with E-state index in [9.17, 15) is 13.2 Å². The number of hydrogen-bond donors (Lipinski definition) is 2. The van der Waals surface area contributed by atoms with Crippen molar-refractivity contribution < 1.29 is 22.7 Å². The second-order valence-electron chi connectivity index (χ2n) is 6.22. The van der Waals surface area contributed by atoms with Gasteiger partial charge in [0.2, 0.25) is 15.9 Å². The molecule has 1 aliphatic heterocycles. The van der Waals surface area contributed by atoms with Crippen LogP contribution in [0.25, 0.3) is 0 Å². The fraction of sp³-hybridized carbons (Fsp3) is 0.588. The van der Waals surface area contributed by atoms with E-state index < -0.39 is 10.0 Å². The first-order valence-corrected chi connectivity index (χ1v) is 10.0. The molecule has 1 fully saturated rings. The van der Waals surface area contributed by atoms with Gasteiger partial charge in [-0.05, 0) is 37.1 Å². The summed E-state index contributed by atoms with van der Waals surface area (Å²) in [4.78, 5) is 14.1. The number of benzene rings is 1. The number of hydrogen-bond acceptors (Lipinski definition) is 6. The molecule has 0 unspecified atom stereocenters. The summed E-state index contributed by atoms with van der Waals surface area (Å²) < 4.78 is 37.8. The maximum absolute atomic E-state index is 12.5. The van der Waals surface area contributed by atoms with E-state index in [-0.39, 0.29) is 23.1 Å². The second-order valence-corrected chi connectivity index (χ2v) is 7.95. The largest absolute Gasteiger partial charge is 0.495 e. The minimum atomic E-state index is -3.85. The molecular weight excluding hydrogens is 358 g/mol. The molecule has 1 aromatic carbocycles. The molecule has 26 heavy (non-hydrogen) atoms. The molecule has 1 aromatic rings. The van der Waals surface area contributed by atoms with Crippen molar-refractivity contribution in [3.63, 3.8) is 0 Å². The molecule has 0 aromatic heterocycles. The highest BCUT2D eigenvalue weighted by atomic mass is 32.2. The normalized spacial score (nSPS) is 15.7. The van der Waals surface area contributed by atoms with E-state index in [1.165, 1.54) is 7.11 Å². The van der Waals surface area contributed by atoms with Gasteiger partial charge in [0.15, 0.2) is 0 Å². The number of methoxy groups -OCH3 is 1. The third kappa shape index (κ3) is 5.66. The second kappa shape index (κ2) is 9.31. The number of aryl methyl sites for hydroxylation is 2. The van der Waals surface area contributed by atoms with Crippen molar-refractivity contribution in [2.75, 3.05) is 53.0 Å². The lowest BCUT2D eigenvalue weighted by molar-refractivity contribution is -0.120. The zero-order valence-corrected chi connectivity index (χ0v) is 16.3. The van der Waals surface area contributed by atoms with Gasteiger partial charge in [-0.3, -0.25) is 9.69 Å². The number of ether oxygens (including phenoxy) is 2. The van der Waals surface area contributed by atoms with Gasteiger partial charge in [-0.15, -0.1) is 0 Å². The Morgan fingerprint density at radius 1 is 1.23 bits per heavy atom. The maximum Gasteiger partial charge on any atom is 0.244 e. The van der Waals surface area contributed by atoms with Gasteiger partial charge in [0.05, 0.1) is 26.9 Å². The Kier molecular flexibility index (Phi) is 7.39. The van der Waals surface area contributed by atoms with E-state index >= 15 is 0 Å². The number of nitrogens with one attached hydrogen (secondary N) is 2. The van der Waals surface area contributed by atoms with Crippen molar-refractivity contribution in [1.29, 1.82) is 0 Å². The number of morpholine rings is 1. The minimum absolute atomic E-state index is 0.0317. The quantitative estimate of drug-likeness (QED) is 0.656. The number of sulfonamides is 1.